The maximum absolute atomic E-state index is 12.6. The molecule has 1 aromatic carbocycles. The molecule has 7 heteroatoms. The molecule has 1 aliphatic rings. The van der Waals surface area contributed by atoms with Crippen LogP contribution in [0.5, 0.6) is 0 Å². The molecule has 1 atom stereocenters. The number of benzene rings is 1. The average Bonchev–Trinajstić information content (AvgIpc) is 3.22. The molecule has 0 saturated carbocycles. The van der Waals surface area contributed by atoms with E-state index in [1.54, 1.807) is 11.1 Å². The van der Waals surface area contributed by atoms with Gasteiger partial charge in [0.05, 0.1) is 6.54 Å². The maximum Gasteiger partial charge on any atom is 0.317 e. The van der Waals surface area contributed by atoms with E-state index in [1.165, 1.54) is 0 Å². The van der Waals surface area contributed by atoms with E-state index in [-0.39, 0.29) is 18.0 Å². The lowest BCUT2D eigenvalue weighted by atomic mass is 10.0. The van der Waals surface area contributed by atoms with Gasteiger partial charge in [-0.25, -0.2) is 4.79 Å². The Morgan fingerprint density at radius 1 is 1.26 bits per heavy atom. The minimum absolute atomic E-state index is 0.0161. The van der Waals surface area contributed by atoms with E-state index in [1.807, 2.05) is 59.1 Å². The molecule has 3 amide bonds. The lowest BCUT2D eigenvalue weighted by molar-refractivity contribution is 0.0694. The topological polar surface area (TPSA) is 70.5 Å². The second-order valence-corrected chi connectivity index (χ2v) is 6.75. The van der Waals surface area contributed by atoms with E-state index in [2.05, 4.69) is 10.4 Å². The molecule has 0 radical (unpaired) electrons. The molecule has 1 unspecified atom stereocenters. The van der Waals surface area contributed by atoms with Gasteiger partial charge >= 0.3 is 6.03 Å². The molecular weight excluding hydrogens is 342 g/mol. The summed E-state index contributed by atoms with van der Waals surface area (Å²) < 4.78 is 1.82. The predicted octanol–water partition coefficient (Wildman–Crippen LogP) is 2.22. The fourth-order valence-electron chi connectivity index (χ4n) is 3.37. The zero-order chi connectivity index (χ0) is 19.1. The van der Waals surface area contributed by atoms with Crippen molar-refractivity contribution in [3.8, 4) is 0 Å². The Morgan fingerprint density at radius 3 is 2.78 bits per heavy atom. The summed E-state index contributed by atoms with van der Waals surface area (Å²) in [6, 6.07) is 11.1. The highest BCUT2D eigenvalue weighted by Crippen LogP contribution is 2.14. The Bertz CT molecular complexity index is 732. The Hall–Kier alpha value is -2.83. The van der Waals surface area contributed by atoms with Crippen LogP contribution in [0.15, 0.2) is 48.8 Å². The molecule has 2 aromatic rings. The van der Waals surface area contributed by atoms with Crippen molar-refractivity contribution in [2.24, 2.45) is 0 Å². The van der Waals surface area contributed by atoms with Gasteiger partial charge in [0.25, 0.3) is 5.91 Å². The molecule has 144 valence electrons. The van der Waals surface area contributed by atoms with Gasteiger partial charge in [-0.1, -0.05) is 18.2 Å². The summed E-state index contributed by atoms with van der Waals surface area (Å²) in [6.07, 6.45) is 5.40. The minimum atomic E-state index is -0.0799. The van der Waals surface area contributed by atoms with Gasteiger partial charge < -0.3 is 15.1 Å². The van der Waals surface area contributed by atoms with Crippen molar-refractivity contribution in [3.05, 3.63) is 54.4 Å². The van der Waals surface area contributed by atoms with Crippen molar-refractivity contribution in [1.29, 1.82) is 0 Å². The molecule has 1 N–H and O–H groups in total. The largest absolute Gasteiger partial charge is 0.337 e. The maximum atomic E-state index is 12.6. The molecule has 0 aliphatic carbocycles. The summed E-state index contributed by atoms with van der Waals surface area (Å²) in [4.78, 5) is 28.9. The van der Waals surface area contributed by atoms with Crippen molar-refractivity contribution < 1.29 is 9.59 Å². The number of likely N-dealkylation sites (tertiary alicyclic amines) is 1. The first-order valence-electron chi connectivity index (χ1n) is 9.54. The van der Waals surface area contributed by atoms with Gasteiger partial charge in [0.2, 0.25) is 0 Å². The first-order chi connectivity index (χ1) is 13.2. The standard InChI is InChI=1S/C20H27N5O2/c1-2-23(14-15-25-13-7-11-21-25)20(27)22-18-10-6-12-24(16-18)19(26)17-8-4-3-5-9-17/h3-5,7-9,11,13,18H,2,6,10,12,14-16H2,1H3,(H,22,27). The molecule has 1 aliphatic heterocycles. The van der Waals surface area contributed by atoms with Crippen molar-refractivity contribution in [1.82, 2.24) is 24.9 Å². The molecule has 27 heavy (non-hydrogen) atoms. The van der Waals surface area contributed by atoms with Crippen LogP contribution in [0.3, 0.4) is 0 Å². The molecule has 2 heterocycles. The Morgan fingerprint density at radius 2 is 2.07 bits per heavy atom. The van der Waals surface area contributed by atoms with Crippen molar-refractivity contribution >= 4 is 11.9 Å². The Kier molecular flexibility index (Phi) is 6.46. The fraction of sp³-hybridized carbons (Fsp3) is 0.450. The van der Waals surface area contributed by atoms with Crippen LogP contribution in [0.4, 0.5) is 4.79 Å². The van der Waals surface area contributed by atoms with Crippen LogP contribution in [-0.4, -0.2) is 63.7 Å². The number of carbonyl (C=O) groups excluding carboxylic acids is 2. The summed E-state index contributed by atoms with van der Waals surface area (Å²) >= 11 is 0. The number of nitrogens with one attached hydrogen (secondary N) is 1. The number of hydrogen-bond donors (Lipinski definition) is 1. The van der Waals surface area contributed by atoms with Crippen LogP contribution in [0.1, 0.15) is 30.1 Å². The second-order valence-electron chi connectivity index (χ2n) is 6.75. The normalized spacial score (nSPS) is 16.8. The number of hydrogen-bond acceptors (Lipinski definition) is 3. The average molecular weight is 369 g/mol. The zero-order valence-corrected chi connectivity index (χ0v) is 15.8. The number of urea groups is 1. The summed E-state index contributed by atoms with van der Waals surface area (Å²) in [5, 5.41) is 7.27. The first-order valence-corrected chi connectivity index (χ1v) is 9.54. The number of nitrogens with zero attached hydrogens (tertiary/aromatic N) is 4. The quantitative estimate of drug-likeness (QED) is 0.849. The summed E-state index contributed by atoms with van der Waals surface area (Å²) in [6.45, 7) is 5.15. The van der Waals surface area contributed by atoms with Crippen molar-refractivity contribution in [2.75, 3.05) is 26.2 Å². The summed E-state index contributed by atoms with van der Waals surface area (Å²) in [5.74, 6) is 0.0283. The number of amides is 3. The van der Waals surface area contributed by atoms with E-state index in [0.717, 1.165) is 19.4 Å². The summed E-state index contributed by atoms with van der Waals surface area (Å²) in [5.41, 5.74) is 0.693. The molecule has 0 spiro atoms. The molecule has 0 bridgehead atoms. The van der Waals surface area contributed by atoms with Gasteiger partial charge in [0.1, 0.15) is 0 Å². The third kappa shape index (κ3) is 5.09. The van der Waals surface area contributed by atoms with Gasteiger partial charge in [0.15, 0.2) is 0 Å². The highest BCUT2D eigenvalue weighted by atomic mass is 16.2. The number of piperidine rings is 1. The lowest BCUT2D eigenvalue weighted by Crippen LogP contribution is -2.53. The monoisotopic (exact) mass is 369 g/mol. The smallest absolute Gasteiger partial charge is 0.317 e. The SMILES string of the molecule is CCN(CCn1cccn1)C(=O)NC1CCCN(C(=O)c2ccccc2)C1. The molecule has 1 aromatic heterocycles. The third-order valence-electron chi connectivity index (χ3n) is 4.88. The van der Waals surface area contributed by atoms with E-state index in [4.69, 9.17) is 0 Å². The van der Waals surface area contributed by atoms with Gasteiger partial charge in [-0.15, -0.1) is 0 Å². The number of likely N-dealkylation sites (N-methyl/N-ethyl adjacent to an activating group) is 1. The number of aromatic nitrogens is 2. The van der Waals surface area contributed by atoms with E-state index in [9.17, 15) is 9.59 Å². The predicted molar refractivity (Wildman–Crippen MR) is 103 cm³/mol. The van der Waals surface area contributed by atoms with Gasteiger partial charge in [-0.3, -0.25) is 9.48 Å². The van der Waals surface area contributed by atoms with Crippen LogP contribution in [-0.2, 0) is 6.54 Å². The Balaban J connectivity index is 1.52. The van der Waals surface area contributed by atoms with Crippen LogP contribution in [0, 0.1) is 0 Å². The molecular formula is C20H27N5O2. The van der Waals surface area contributed by atoms with E-state index in [0.29, 0.717) is 31.7 Å². The van der Waals surface area contributed by atoms with E-state index < -0.39 is 0 Å². The van der Waals surface area contributed by atoms with Gasteiger partial charge in [0, 0.05) is 50.2 Å². The van der Waals surface area contributed by atoms with Gasteiger partial charge in [-0.2, -0.15) is 5.10 Å². The molecule has 1 saturated heterocycles. The molecule has 3 rings (SSSR count). The fourth-order valence-corrected chi connectivity index (χ4v) is 3.37. The van der Waals surface area contributed by atoms with Crippen LogP contribution < -0.4 is 5.32 Å². The second kappa shape index (κ2) is 9.21. The highest BCUT2D eigenvalue weighted by Gasteiger charge is 2.26. The summed E-state index contributed by atoms with van der Waals surface area (Å²) in [7, 11) is 0. The highest BCUT2D eigenvalue weighted by molar-refractivity contribution is 5.94. The molecule has 1 fully saturated rings. The Labute approximate surface area is 159 Å². The van der Waals surface area contributed by atoms with E-state index >= 15 is 0 Å². The van der Waals surface area contributed by atoms with Crippen LogP contribution in [0.25, 0.3) is 0 Å². The van der Waals surface area contributed by atoms with Crippen LogP contribution >= 0.6 is 0 Å². The van der Waals surface area contributed by atoms with Gasteiger partial charge in [-0.05, 0) is 38.0 Å². The lowest BCUT2D eigenvalue weighted by Gasteiger charge is -2.34. The third-order valence-corrected chi connectivity index (χ3v) is 4.88. The molecule has 7 nitrogen and oxygen atoms in total. The minimum Gasteiger partial charge on any atom is -0.337 e. The number of carbonyl (C=O) groups is 2. The number of rotatable bonds is 6. The van der Waals surface area contributed by atoms with Crippen molar-refractivity contribution in [2.45, 2.75) is 32.4 Å². The van der Waals surface area contributed by atoms with Crippen LogP contribution in [0.2, 0.25) is 0 Å². The first kappa shape index (κ1) is 18.9. The zero-order valence-electron chi connectivity index (χ0n) is 15.8. The van der Waals surface area contributed by atoms with Crippen molar-refractivity contribution in [3.63, 3.8) is 0 Å².